The van der Waals surface area contributed by atoms with Crippen molar-refractivity contribution in [2.75, 3.05) is 12.4 Å². The van der Waals surface area contributed by atoms with Crippen LogP contribution in [0.25, 0.3) is 0 Å². The molecule has 2 aromatic rings. The highest BCUT2D eigenvalue weighted by Crippen LogP contribution is 2.27. The van der Waals surface area contributed by atoms with Crippen molar-refractivity contribution in [1.29, 1.82) is 0 Å². The molecule has 0 radical (unpaired) electrons. The van der Waals surface area contributed by atoms with Gasteiger partial charge in [-0.3, -0.25) is 10.1 Å². The van der Waals surface area contributed by atoms with Crippen LogP contribution in [0.4, 0.5) is 5.69 Å². The molecule has 2 aromatic carbocycles. The van der Waals surface area contributed by atoms with Crippen LogP contribution in [0.5, 0.6) is 5.75 Å². The maximum Gasteiger partial charge on any atom is 0.335 e. The molecule has 0 saturated heterocycles. The molecule has 0 unspecified atom stereocenters. The zero-order chi connectivity index (χ0) is 18.6. The first kappa shape index (κ1) is 18.7. The van der Waals surface area contributed by atoms with E-state index in [4.69, 9.17) is 33.7 Å². The third kappa shape index (κ3) is 4.68. The number of benzene rings is 2. The third-order valence-electron chi connectivity index (χ3n) is 3.30. The number of anilines is 1. The maximum absolute atomic E-state index is 12.4. The Labute approximate surface area is 154 Å². The second-order valence-electron chi connectivity index (χ2n) is 5.09. The number of ether oxygens (including phenoxy) is 1. The highest BCUT2D eigenvalue weighted by Gasteiger charge is 2.17. The molecule has 25 heavy (non-hydrogen) atoms. The number of nitrogens with one attached hydrogen (secondary N) is 2. The number of carboxylic acids is 1. The van der Waals surface area contributed by atoms with E-state index in [0.717, 1.165) is 5.56 Å². The van der Waals surface area contributed by atoms with Gasteiger partial charge in [0.2, 0.25) is 0 Å². The number of aryl methyl sites for hydroxylation is 1. The number of carbonyl (C=O) groups is 2. The summed E-state index contributed by atoms with van der Waals surface area (Å²) in [5.74, 6) is -1.08. The fourth-order valence-corrected chi connectivity index (χ4v) is 2.68. The van der Waals surface area contributed by atoms with Crippen molar-refractivity contribution in [3.05, 3.63) is 58.1 Å². The van der Waals surface area contributed by atoms with Gasteiger partial charge in [-0.15, -0.1) is 0 Å². The van der Waals surface area contributed by atoms with Crippen LogP contribution < -0.4 is 15.4 Å². The predicted molar refractivity (Wildman–Crippen MR) is 99.8 cm³/mol. The molecular weight excluding hydrogens is 364 g/mol. The van der Waals surface area contributed by atoms with E-state index in [1.54, 1.807) is 25.1 Å². The third-order valence-corrected chi connectivity index (χ3v) is 3.73. The summed E-state index contributed by atoms with van der Waals surface area (Å²) >= 11 is 11.1. The molecule has 0 aliphatic carbocycles. The molecule has 3 N–H and O–H groups in total. The number of carboxylic acid groups (broad SMARTS) is 1. The summed E-state index contributed by atoms with van der Waals surface area (Å²) in [4.78, 5) is 23.2. The minimum atomic E-state index is -1.02. The Bertz CT molecular complexity index is 837. The molecule has 0 heterocycles. The second kappa shape index (κ2) is 7.96. The quantitative estimate of drug-likeness (QED) is 0.706. The fourth-order valence-electron chi connectivity index (χ4n) is 2.20. The molecule has 0 fully saturated rings. The van der Waals surface area contributed by atoms with Crippen LogP contribution in [-0.2, 0) is 0 Å². The lowest BCUT2D eigenvalue weighted by atomic mass is 10.1. The number of hydrogen-bond acceptors (Lipinski definition) is 4. The Hall–Kier alpha value is -2.64. The van der Waals surface area contributed by atoms with Crippen molar-refractivity contribution in [3.8, 4) is 5.75 Å². The summed E-state index contributed by atoms with van der Waals surface area (Å²) in [5.41, 5.74) is 1.69. The van der Waals surface area contributed by atoms with Gasteiger partial charge >= 0.3 is 5.97 Å². The van der Waals surface area contributed by atoms with Gasteiger partial charge in [0.05, 0.1) is 18.2 Å². The summed E-state index contributed by atoms with van der Waals surface area (Å²) in [5, 5.41) is 14.7. The number of carbonyl (C=O) groups excluding carboxylic acids is 1. The normalized spacial score (nSPS) is 10.0. The molecule has 0 bridgehead atoms. The minimum absolute atomic E-state index is 0.0627. The molecule has 6 nitrogen and oxygen atoms in total. The zero-order valence-corrected chi connectivity index (χ0v) is 15.0. The van der Waals surface area contributed by atoms with Gasteiger partial charge in [-0.1, -0.05) is 11.6 Å². The number of methoxy groups -OCH3 is 1. The summed E-state index contributed by atoms with van der Waals surface area (Å²) in [6.07, 6.45) is 0. The standard InChI is InChI=1S/C17H15ClN2O4S/c1-9-7-11(18)8-13(14(9)24-2)15(21)20-17(25)19-12-5-3-10(4-6-12)16(22)23/h3-8H,1-2H3,(H,22,23)(H2,19,20,21,25). The first-order valence-corrected chi connectivity index (χ1v) is 7.90. The number of thiocarbonyl (C=S) groups is 1. The van der Waals surface area contributed by atoms with Crippen LogP contribution in [0.15, 0.2) is 36.4 Å². The topological polar surface area (TPSA) is 87.7 Å². The molecule has 8 heteroatoms. The van der Waals surface area contributed by atoms with Gasteiger partial charge in [0.25, 0.3) is 5.91 Å². The molecule has 130 valence electrons. The number of halogens is 1. The van der Waals surface area contributed by atoms with Crippen LogP contribution in [0.3, 0.4) is 0 Å². The van der Waals surface area contributed by atoms with E-state index in [0.29, 0.717) is 16.5 Å². The first-order valence-electron chi connectivity index (χ1n) is 7.11. The van der Waals surface area contributed by atoms with E-state index in [-0.39, 0.29) is 16.2 Å². The predicted octanol–water partition coefficient (Wildman–Crippen LogP) is 3.48. The Morgan fingerprint density at radius 1 is 1.20 bits per heavy atom. The number of aromatic carboxylic acids is 1. The van der Waals surface area contributed by atoms with Crippen LogP contribution in [0, 0.1) is 6.92 Å². The molecule has 0 spiro atoms. The molecular formula is C17H15ClN2O4S. The Morgan fingerprint density at radius 2 is 1.84 bits per heavy atom. The number of amides is 1. The highest BCUT2D eigenvalue weighted by molar-refractivity contribution is 7.80. The van der Waals surface area contributed by atoms with Gasteiger partial charge in [-0.2, -0.15) is 0 Å². The summed E-state index contributed by atoms with van der Waals surface area (Å²) in [6.45, 7) is 1.78. The molecule has 1 amide bonds. The summed E-state index contributed by atoms with van der Waals surface area (Å²) in [7, 11) is 1.47. The van der Waals surface area contributed by atoms with Crippen LogP contribution in [0.2, 0.25) is 5.02 Å². The average Bonchev–Trinajstić information content (AvgIpc) is 2.54. The van der Waals surface area contributed by atoms with E-state index in [9.17, 15) is 9.59 Å². The minimum Gasteiger partial charge on any atom is -0.496 e. The van der Waals surface area contributed by atoms with E-state index >= 15 is 0 Å². The SMILES string of the molecule is COc1c(C)cc(Cl)cc1C(=O)NC(=S)Nc1ccc(C(=O)O)cc1. The highest BCUT2D eigenvalue weighted by atomic mass is 35.5. The van der Waals surface area contributed by atoms with Crippen LogP contribution >= 0.6 is 23.8 Å². The van der Waals surface area contributed by atoms with Gasteiger partial charge in [-0.05, 0) is 61.1 Å². The van der Waals surface area contributed by atoms with Crippen molar-refractivity contribution < 1.29 is 19.4 Å². The largest absolute Gasteiger partial charge is 0.496 e. The maximum atomic E-state index is 12.4. The van der Waals surface area contributed by atoms with E-state index < -0.39 is 11.9 Å². The van der Waals surface area contributed by atoms with Crippen molar-refractivity contribution >= 4 is 46.5 Å². The molecule has 0 aliphatic rings. The Balaban J connectivity index is 2.10. The van der Waals surface area contributed by atoms with Gasteiger partial charge in [0.15, 0.2) is 5.11 Å². The smallest absolute Gasteiger partial charge is 0.335 e. The van der Waals surface area contributed by atoms with Gasteiger partial charge < -0.3 is 15.2 Å². The first-order chi connectivity index (χ1) is 11.8. The van der Waals surface area contributed by atoms with Gasteiger partial charge in [-0.25, -0.2) is 4.79 Å². The lowest BCUT2D eigenvalue weighted by molar-refractivity contribution is 0.0696. The molecule has 0 aliphatic heterocycles. The molecule has 0 aromatic heterocycles. The van der Waals surface area contributed by atoms with Crippen molar-refractivity contribution in [1.82, 2.24) is 5.32 Å². The summed E-state index contributed by atoms with van der Waals surface area (Å²) in [6, 6.07) is 9.14. The molecule has 0 atom stereocenters. The van der Waals surface area contributed by atoms with Crippen molar-refractivity contribution in [2.24, 2.45) is 0 Å². The van der Waals surface area contributed by atoms with Crippen molar-refractivity contribution in [2.45, 2.75) is 6.92 Å². The summed E-state index contributed by atoms with van der Waals surface area (Å²) < 4.78 is 5.25. The fraction of sp³-hybridized carbons (Fsp3) is 0.118. The lowest BCUT2D eigenvalue weighted by Gasteiger charge is -2.13. The van der Waals surface area contributed by atoms with Crippen LogP contribution in [0.1, 0.15) is 26.3 Å². The zero-order valence-electron chi connectivity index (χ0n) is 13.4. The van der Waals surface area contributed by atoms with Gasteiger partial charge in [0, 0.05) is 10.7 Å². The molecule has 0 saturated carbocycles. The monoisotopic (exact) mass is 378 g/mol. The lowest BCUT2D eigenvalue weighted by Crippen LogP contribution is -2.34. The van der Waals surface area contributed by atoms with E-state index in [1.807, 2.05) is 0 Å². The van der Waals surface area contributed by atoms with Crippen LogP contribution in [-0.4, -0.2) is 29.2 Å². The van der Waals surface area contributed by atoms with E-state index in [2.05, 4.69) is 10.6 Å². The number of rotatable bonds is 4. The Kier molecular flexibility index (Phi) is 5.95. The van der Waals surface area contributed by atoms with E-state index in [1.165, 1.54) is 25.3 Å². The van der Waals surface area contributed by atoms with Gasteiger partial charge in [0.1, 0.15) is 5.75 Å². The Morgan fingerprint density at radius 3 is 2.40 bits per heavy atom. The number of hydrogen-bond donors (Lipinski definition) is 3. The van der Waals surface area contributed by atoms with Crippen molar-refractivity contribution in [3.63, 3.8) is 0 Å². The average molecular weight is 379 g/mol. The molecule has 2 rings (SSSR count). The second-order valence-corrected chi connectivity index (χ2v) is 5.94.